The van der Waals surface area contributed by atoms with Gasteiger partial charge in [0.2, 0.25) is 0 Å². The average Bonchev–Trinajstić information content (AvgIpc) is 2.65. The molecule has 3 rings (SSSR count). The Morgan fingerprint density at radius 2 is 2.04 bits per heavy atom. The largest absolute Gasteiger partial charge is 0.338 e. The Balaban J connectivity index is 1.78. The number of nitro groups is 1. The highest BCUT2D eigenvalue weighted by Gasteiger charge is 2.27. The second-order valence-electron chi connectivity index (χ2n) is 7.30. The topological polar surface area (TPSA) is 77.6 Å². The van der Waals surface area contributed by atoms with Crippen LogP contribution in [-0.4, -0.2) is 28.8 Å². The van der Waals surface area contributed by atoms with Crippen molar-refractivity contribution in [3.8, 4) is 0 Å². The Bertz CT molecular complexity index is 818. The van der Waals surface area contributed by atoms with Gasteiger partial charge in [-0.15, -0.1) is 11.8 Å². The number of piperidine rings is 1. The number of likely N-dealkylation sites (tertiary alicyclic amines) is 1. The predicted octanol–water partition coefficient (Wildman–Crippen LogP) is 3.82. The van der Waals surface area contributed by atoms with Gasteiger partial charge in [0.05, 0.1) is 9.82 Å². The van der Waals surface area contributed by atoms with Crippen LogP contribution in [0.4, 0.5) is 5.69 Å². The molecule has 142 valence electrons. The molecule has 1 saturated heterocycles. The lowest BCUT2D eigenvalue weighted by Gasteiger charge is -2.35. The quantitative estimate of drug-likeness (QED) is 0.445. The molecule has 1 aliphatic heterocycles. The molecule has 0 saturated carbocycles. The van der Waals surface area contributed by atoms with Crippen LogP contribution in [0.3, 0.4) is 0 Å². The number of pyridine rings is 1. The van der Waals surface area contributed by atoms with Gasteiger partial charge in [0.15, 0.2) is 12.4 Å². The number of nitrogens with zero attached hydrogens (tertiary/aromatic N) is 2. The standard InChI is InChI=1S/C20H23N3O3S/c1-14-8-15(2)12-22(11-14)20(24)17-5-6-19(18(9-17)23(25)26)27-13-16-4-3-7-21-10-16/h3-7,9-10,14-15H,8,11-13H2,1-2H3/p+1. The van der Waals surface area contributed by atoms with E-state index in [1.807, 2.05) is 29.4 Å². The van der Waals surface area contributed by atoms with Crippen molar-refractivity contribution in [2.24, 2.45) is 11.8 Å². The summed E-state index contributed by atoms with van der Waals surface area (Å²) in [4.78, 5) is 29.4. The van der Waals surface area contributed by atoms with Crippen molar-refractivity contribution < 1.29 is 14.7 Å². The Morgan fingerprint density at radius 1 is 1.30 bits per heavy atom. The molecule has 1 fully saturated rings. The molecule has 1 aromatic carbocycles. The molecule has 7 heteroatoms. The first kappa shape index (κ1) is 19.4. The average molecular weight is 386 g/mol. The Kier molecular flexibility index (Phi) is 6.11. The number of aromatic amines is 1. The lowest BCUT2D eigenvalue weighted by Crippen LogP contribution is -2.42. The fraction of sp³-hybridized carbons (Fsp3) is 0.400. The summed E-state index contributed by atoms with van der Waals surface area (Å²) in [5.74, 6) is 1.40. The minimum absolute atomic E-state index is 0.0103. The summed E-state index contributed by atoms with van der Waals surface area (Å²) >= 11 is 1.40. The Morgan fingerprint density at radius 3 is 2.67 bits per heavy atom. The molecule has 2 unspecified atom stereocenters. The van der Waals surface area contributed by atoms with Crippen LogP contribution in [0.5, 0.6) is 0 Å². The molecular weight excluding hydrogens is 362 g/mol. The number of carbonyl (C=O) groups excluding carboxylic acids is 1. The van der Waals surface area contributed by atoms with E-state index < -0.39 is 4.92 Å². The molecule has 0 aliphatic carbocycles. The van der Waals surface area contributed by atoms with Crippen LogP contribution in [0.2, 0.25) is 0 Å². The highest BCUT2D eigenvalue weighted by atomic mass is 32.2. The summed E-state index contributed by atoms with van der Waals surface area (Å²) in [6.07, 6.45) is 4.80. The van der Waals surface area contributed by atoms with Crippen LogP contribution < -0.4 is 4.98 Å². The van der Waals surface area contributed by atoms with E-state index in [-0.39, 0.29) is 11.6 Å². The molecular formula is C20H24N3O3S+. The smallest absolute Gasteiger partial charge is 0.283 e. The number of hydrogen-bond acceptors (Lipinski definition) is 4. The normalized spacial score (nSPS) is 19.7. The summed E-state index contributed by atoms with van der Waals surface area (Å²) in [6, 6.07) is 8.68. The number of thioether (sulfide) groups is 1. The summed E-state index contributed by atoms with van der Waals surface area (Å²) < 4.78 is 0. The molecule has 1 N–H and O–H groups in total. The SMILES string of the molecule is CC1CC(C)CN(C(=O)c2ccc(SCc3ccc[nH+]c3)c([N+](=O)[O-])c2)C1. The molecule has 0 bridgehead atoms. The zero-order valence-corrected chi connectivity index (χ0v) is 16.4. The number of carbonyl (C=O) groups is 1. The molecule has 0 spiro atoms. The zero-order chi connectivity index (χ0) is 19.4. The first-order valence-corrected chi connectivity index (χ1v) is 10.1. The summed E-state index contributed by atoms with van der Waals surface area (Å²) in [5, 5.41) is 11.5. The molecule has 2 aromatic rings. The third-order valence-corrected chi connectivity index (χ3v) is 5.86. The number of nitrogens with one attached hydrogen (secondary N) is 1. The highest BCUT2D eigenvalue weighted by Crippen LogP contribution is 2.33. The van der Waals surface area contributed by atoms with Crippen LogP contribution in [0.15, 0.2) is 47.6 Å². The van der Waals surface area contributed by atoms with Gasteiger partial charge in [0, 0.05) is 42.1 Å². The summed E-state index contributed by atoms with van der Waals surface area (Å²) in [7, 11) is 0. The number of nitro benzene ring substituents is 1. The fourth-order valence-electron chi connectivity index (χ4n) is 3.61. The zero-order valence-electron chi connectivity index (χ0n) is 15.6. The lowest BCUT2D eigenvalue weighted by molar-refractivity contribution is -0.387. The number of H-pyrrole nitrogens is 1. The van der Waals surface area contributed by atoms with E-state index in [2.05, 4.69) is 18.8 Å². The van der Waals surface area contributed by atoms with Crippen molar-refractivity contribution in [3.63, 3.8) is 0 Å². The molecule has 2 heterocycles. The van der Waals surface area contributed by atoms with Crippen LogP contribution in [0.1, 0.15) is 36.2 Å². The minimum Gasteiger partial charge on any atom is -0.338 e. The maximum Gasteiger partial charge on any atom is 0.283 e. The second-order valence-corrected chi connectivity index (χ2v) is 8.31. The Labute approximate surface area is 163 Å². The molecule has 1 aromatic heterocycles. The summed E-state index contributed by atoms with van der Waals surface area (Å²) in [5.41, 5.74) is 1.43. The van der Waals surface area contributed by atoms with Crippen LogP contribution in [0, 0.1) is 22.0 Å². The van der Waals surface area contributed by atoms with Crippen molar-refractivity contribution >= 4 is 23.4 Å². The molecule has 1 aliphatic rings. The van der Waals surface area contributed by atoms with E-state index in [1.54, 1.807) is 12.1 Å². The van der Waals surface area contributed by atoms with Crippen molar-refractivity contribution in [1.29, 1.82) is 0 Å². The van der Waals surface area contributed by atoms with Crippen molar-refractivity contribution in [2.45, 2.75) is 30.9 Å². The maximum atomic E-state index is 12.8. The highest BCUT2D eigenvalue weighted by molar-refractivity contribution is 7.98. The first-order valence-electron chi connectivity index (χ1n) is 9.09. The van der Waals surface area contributed by atoms with Gasteiger partial charge >= 0.3 is 0 Å². The Hall–Kier alpha value is -2.41. The van der Waals surface area contributed by atoms with E-state index in [0.717, 1.165) is 12.0 Å². The molecule has 6 nitrogen and oxygen atoms in total. The lowest BCUT2D eigenvalue weighted by atomic mass is 9.91. The van der Waals surface area contributed by atoms with Gasteiger partial charge in [0.25, 0.3) is 11.6 Å². The van der Waals surface area contributed by atoms with Crippen molar-refractivity contribution in [2.75, 3.05) is 13.1 Å². The first-order chi connectivity index (χ1) is 12.9. The van der Waals surface area contributed by atoms with Gasteiger partial charge in [-0.3, -0.25) is 14.9 Å². The van der Waals surface area contributed by atoms with Crippen LogP contribution >= 0.6 is 11.8 Å². The molecule has 1 amide bonds. The predicted molar refractivity (Wildman–Crippen MR) is 105 cm³/mol. The van der Waals surface area contributed by atoms with E-state index in [0.29, 0.717) is 41.1 Å². The van der Waals surface area contributed by atoms with Gasteiger partial charge in [-0.2, -0.15) is 0 Å². The number of aromatic nitrogens is 1. The number of rotatable bonds is 5. The summed E-state index contributed by atoms with van der Waals surface area (Å²) in [6.45, 7) is 5.69. The van der Waals surface area contributed by atoms with Gasteiger partial charge < -0.3 is 4.90 Å². The fourth-order valence-corrected chi connectivity index (χ4v) is 4.56. The van der Waals surface area contributed by atoms with E-state index in [9.17, 15) is 14.9 Å². The molecule has 0 radical (unpaired) electrons. The van der Waals surface area contributed by atoms with E-state index in [4.69, 9.17) is 0 Å². The van der Waals surface area contributed by atoms with Crippen LogP contribution in [0.25, 0.3) is 0 Å². The maximum absolute atomic E-state index is 12.8. The number of benzene rings is 1. The van der Waals surface area contributed by atoms with Crippen LogP contribution in [-0.2, 0) is 5.75 Å². The molecule has 27 heavy (non-hydrogen) atoms. The van der Waals surface area contributed by atoms with Gasteiger partial charge in [-0.25, -0.2) is 4.98 Å². The van der Waals surface area contributed by atoms with Gasteiger partial charge in [-0.1, -0.05) is 13.8 Å². The monoisotopic (exact) mass is 386 g/mol. The van der Waals surface area contributed by atoms with E-state index in [1.165, 1.54) is 17.8 Å². The molecule has 2 atom stereocenters. The van der Waals surface area contributed by atoms with Gasteiger partial charge in [0.1, 0.15) is 0 Å². The second kappa shape index (κ2) is 8.52. The van der Waals surface area contributed by atoms with E-state index >= 15 is 0 Å². The minimum atomic E-state index is -0.405. The number of hydrogen-bond donors (Lipinski definition) is 0. The number of amides is 1. The van der Waals surface area contributed by atoms with Gasteiger partial charge in [-0.05, 0) is 36.5 Å². The third kappa shape index (κ3) is 4.86. The van der Waals surface area contributed by atoms with Crippen molar-refractivity contribution in [1.82, 2.24) is 4.90 Å². The van der Waals surface area contributed by atoms with Crippen molar-refractivity contribution in [3.05, 3.63) is 64.0 Å². The third-order valence-electron chi connectivity index (χ3n) is 4.72.